The maximum Gasteiger partial charge on any atom is 0.258 e. The van der Waals surface area contributed by atoms with Crippen molar-refractivity contribution in [2.75, 3.05) is 12.4 Å². The first kappa shape index (κ1) is 16.0. The van der Waals surface area contributed by atoms with Gasteiger partial charge in [0.05, 0.1) is 5.41 Å². The summed E-state index contributed by atoms with van der Waals surface area (Å²) in [4.78, 5) is 28.9. The topological polar surface area (TPSA) is 63.5 Å². The minimum absolute atomic E-state index is 0.0823. The standard InChI is InChI=1S/C14H18ClN3O2S/c1-9-6-11(19)18-10(7-21-13(18)17-9)4-5-16-12(20)14(2,3)8-15/h6-7H,4-5,8H2,1-3H3,(H,16,20). The molecule has 2 heterocycles. The Morgan fingerprint density at radius 2 is 2.24 bits per heavy atom. The normalized spacial score (nSPS) is 11.8. The zero-order chi connectivity index (χ0) is 15.6. The fraction of sp³-hybridized carbons (Fsp3) is 0.500. The zero-order valence-electron chi connectivity index (χ0n) is 12.3. The third-order valence-corrected chi connectivity index (χ3v) is 4.76. The maximum absolute atomic E-state index is 12.0. The van der Waals surface area contributed by atoms with Gasteiger partial charge in [0.1, 0.15) is 0 Å². The first-order valence-electron chi connectivity index (χ1n) is 6.66. The van der Waals surface area contributed by atoms with Gasteiger partial charge in [-0.15, -0.1) is 22.9 Å². The molecule has 0 radical (unpaired) electrons. The van der Waals surface area contributed by atoms with Crippen LogP contribution in [0.25, 0.3) is 4.96 Å². The molecule has 2 aromatic heterocycles. The fourth-order valence-electron chi connectivity index (χ4n) is 1.86. The molecule has 2 aromatic rings. The van der Waals surface area contributed by atoms with Crippen LogP contribution < -0.4 is 10.9 Å². The number of nitrogens with zero attached hydrogens (tertiary/aromatic N) is 2. The molecule has 0 bridgehead atoms. The second kappa shape index (κ2) is 6.15. The van der Waals surface area contributed by atoms with Crippen molar-refractivity contribution in [1.82, 2.24) is 14.7 Å². The molecule has 7 heteroatoms. The Labute approximate surface area is 132 Å². The van der Waals surface area contributed by atoms with Gasteiger partial charge < -0.3 is 5.32 Å². The van der Waals surface area contributed by atoms with E-state index < -0.39 is 5.41 Å². The summed E-state index contributed by atoms with van der Waals surface area (Å²) in [6.07, 6.45) is 0.578. The van der Waals surface area contributed by atoms with Crippen LogP contribution in [0.1, 0.15) is 25.2 Å². The summed E-state index contributed by atoms with van der Waals surface area (Å²) in [6.45, 7) is 5.86. The number of hydrogen-bond acceptors (Lipinski definition) is 4. The van der Waals surface area contributed by atoms with E-state index in [1.54, 1.807) is 25.2 Å². The van der Waals surface area contributed by atoms with Crippen LogP contribution in [0.5, 0.6) is 0 Å². The minimum Gasteiger partial charge on any atom is -0.355 e. The molecule has 0 saturated carbocycles. The van der Waals surface area contributed by atoms with E-state index in [-0.39, 0.29) is 17.3 Å². The molecule has 0 atom stereocenters. The van der Waals surface area contributed by atoms with E-state index in [9.17, 15) is 9.59 Å². The number of fused-ring (bicyclic) bond motifs is 1. The first-order chi connectivity index (χ1) is 9.85. The summed E-state index contributed by atoms with van der Waals surface area (Å²) < 4.78 is 1.59. The van der Waals surface area contributed by atoms with Crippen LogP contribution in [-0.4, -0.2) is 27.7 Å². The number of nitrogens with one attached hydrogen (secondary N) is 1. The maximum atomic E-state index is 12.0. The molecule has 0 spiro atoms. The Morgan fingerprint density at radius 1 is 1.52 bits per heavy atom. The van der Waals surface area contributed by atoms with E-state index in [2.05, 4.69) is 10.3 Å². The lowest BCUT2D eigenvalue weighted by Crippen LogP contribution is -2.39. The molecular formula is C14H18ClN3O2S. The number of hydrogen-bond donors (Lipinski definition) is 1. The molecule has 0 aliphatic rings. The first-order valence-corrected chi connectivity index (χ1v) is 8.07. The average molecular weight is 328 g/mol. The SMILES string of the molecule is Cc1cc(=O)n2c(CCNC(=O)C(C)(C)CCl)csc2n1. The van der Waals surface area contributed by atoms with Gasteiger partial charge in [-0.05, 0) is 20.8 Å². The highest BCUT2D eigenvalue weighted by molar-refractivity contribution is 7.15. The van der Waals surface area contributed by atoms with Crippen molar-refractivity contribution >= 4 is 33.8 Å². The molecule has 0 aromatic carbocycles. The van der Waals surface area contributed by atoms with Crippen LogP contribution in [0.2, 0.25) is 0 Å². The molecule has 0 fully saturated rings. The van der Waals surface area contributed by atoms with Crippen molar-refractivity contribution in [1.29, 1.82) is 0 Å². The molecular weight excluding hydrogens is 310 g/mol. The van der Waals surface area contributed by atoms with Gasteiger partial charge in [-0.2, -0.15) is 0 Å². The van der Waals surface area contributed by atoms with Crippen molar-refractivity contribution in [2.24, 2.45) is 5.41 Å². The van der Waals surface area contributed by atoms with Crippen LogP contribution in [0, 0.1) is 12.3 Å². The number of halogens is 1. The van der Waals surface area contributed by atoms with E-state index in [1.165, 1.54) is 17.4 Å². The average Bonchev–Trinajstić information content (AvgIpc) is 2.81. The number of aromatic nitrogens is 2. The molecule has 1 amide bonds. The quantitative estimate of drug-likeness (QED) is 0.854. The second-order valence-electron chi connectivity index (χ2n) is 5.60. The van der Waals surface area contributed by atoms with E-state index >= 15 is 0 Å². The van der Waals surface area contributed by atoms with Gasteiger partial charge in [0.15, 0.2) is 4.96 Å². The number of thiazole rings is 1. The smallest absolute Gasteiger partial charge is 0.258 e. The Bertz CT molecular complexity index is 721. The van der Waals surface area contributed by atoms with Crippen LogP contribution >= 0.6 is 22.9 Å². The molecule has 114 valence electrons. The molecule has 21 heavy (non-hydrogen) atoms. The predicted molar refractivity (Wildman–Crippen MR) is 85.3 cm³/mol. The summed E-state index contributed by atoms with van der Waals surface area (Å²) in [5.74, 6) is 0.182. The van der Waals surface area contributed by atoms with Gasteiger partial charge in [0, 0.05) is 41.7 Å². The highest BCUT2D eigenvalue weighted by Gasteiger charge is 2.25. The number of rotatable bonds is 5. The van der Waals surface area contributed by atoms with Gasteiger partial charge >= 0.3 is 0 Å². The fourth-order valence-corrected chi connectivity index (χ4v) is 2.96. The Balaban J connectivity index is 2.09. The highest BCUT2D eigenvalue weighted by atomic mass is 35.5. The number of alkyl halides is 1. The molecule has 1 N–H and O–H groups in total. The lowest BCUT2D eigenvalue weighted by atomic mass is 9.95. The predicted octanol–water partition coefficient (Wildman–Crippen LogP) is 1.99. The van der Waals surface area contributed by atoms with Crippen molar-refractivity contribution < 1.29 is 4.79 Å². The van der Waals surface area contributed by atoms with Crippen molar-refractivity contribution in [3.63, 3.8) is 0 Å². The van der Waals surface area contributed by atoms with Crippen molar-refractivity contribution in [3.05, 3.63) is 33.2 Å². The van der Waals surface area contributed by atoms with Crippen molar-refractivity contribution in [3.8, 4) is 0 Å². The molecule has 0 unspecified atom stereocenters. The van der Waals surface area contributed by atoms with E-state index in [1.807, 2.05) is 5.38 Å². The molecule has 0 aliphatic carbocycles. The summed E-state index contributed by atoms with van der Waals surface area (Å²) in [5.41, 5.74) is 0.900. The van der Waals surface area contributed by atoms with E-state index in [0.717, 1.165) is 5.69 Å². The van der Waals surface area contributed by atoms with Gasteiger partial charge in [-0.3, -0.25) is 14.0 Å². The van der Waals surface area contributed by atoms with Crippen LogP contribution in [0.4, 0.5) is 0 Å². The third-order valence-electron chi connectivity index (χ3n) is 3.22. The van der Waals surface area contributed by atoms with Gasteiger partial charge in [-0.25, -0.2) is 4.98 Å². The summed E-state index contributed by atoms with van der Waals surface area (Å²) in [7, 11) is 0. The summed E-state index contributed by atoms with van der Waals surface area (Å²) in [6, 6.07) is 1.51. The number of carbonyl (C=O) groups is 1. The minimum atomic E-state index is -0.590. The largest absolute Gasteiger partial charge is 0.355 e. The van der Waals surface area contributed by atoms with Crippen LogP contribution in [-0.2, 0) is 11.2 Å². The molecule has 0 saturated heterocycles. The van der Waals surface area contributed by atoms with Gasteiger partial charge in [0.25, 0.3) is 5.56 Å². The van der Waals surface area contributed by atoms with Crippen LogP contribution in [0.15, 0.2) is 16.2 Å². The lowest BCUT2D eigenvalue weighted by molar-refractivity contribution is -0.128. The van der Waals surface area contributed by atoms with E-state index in [4.69, 9.17) is 11.6 Å². The van der Waals surface area contributed by atoms with Crippen molar-refractivity contribution in [2.45, 2.75) is 27.2 Å². The van der Waals surface area contributed by atoms with Crippen LogP contribution in [0.3, 0.4) is 0 Å². The second-order valence-corrected chi connectivity index (χ2v) is 6.71. The molecule has 0 aliphatic heterocycles. The molecule has 2 rings (SSSR count). The number of amides is 1. The van der Waals surface area contributed by atoms with Gasteiger partial charge in [0.2, 0.25) is 5.91 Å². The summed E-state index contributed by atoms with van der Waals surface area (Å²) >= 11 is 7.20. The Hall–Kier alpha value is -1.40. The Morgan fingerprint density at radius 3 is 2.90 bits per heavy atom. The highest BCUT2D eigenvalue weighted by Crippen LogP contribution is 2.17. The van der Waals surface area contributed by atoms with Gasteiger partial charge in [-0.1, -0.05) is 0 Å². The Kier molecular flexibility index (Phi) is 4.68. The monoisotopic (exact) mass is 327 g/mol. The number of aryl methyl sites for hydroxylation is 1. The molecule has 5 nitrogen and oxygen atoms in total. The zero-order valence-corrected chi connectivity index (χ0v) is 13.8. The summed E-state index contributed by atoms with van der Waals surface area (Å²) in [5, 5.41) is 4.76. The third kappa shape index (κ3) is 3.44. The lowest BCUT2D eigenvalue weighted by Gasteiger charge is -2.20. The van der Waals surface area contributed by atoms with E-state index in [0.29, 0.717) is 23.6 Å². The number of carbonyl (C=O) groups excluding carboxylic acids is 1.